The Kier molecular flexibility index (Phi) is 4.12. The van der Waals surface area contributed by atoms with Crippen LogP contribution in [0.5, 0.6) is 5.75 Å². The average molecular weight is 260 g/mol. The molecule has 0 fully saturated rings. The van der Waals surface area contributed by atoms with Gasteiger partial charge >= 0.3 is 12.1 Å². The smallest absolute Gasteiger partial charge is 0.453 e. The lowest BCUT2D eigenvalue weighted by Gasteiger charge is -2.19. The van der Waals surface area contributed by atoms with Gasteiger partial charge in [-0.05, 0) is 17.9 Å². The first kappa shape index (κ1) is 13.2. The lowest BCUT2D eigenvalue weighted by Crippen LogP contribution is -2.36. The van der Waals surface area contributed by atoms with Crippen molar-refractivity contribution in [3.63, 3.8) is 0 Å². The first-order chi connectivity index (χ1) is 7.33. The molecular formula is C9H9F5OS. The van der Waals surface area contributed by atoms with E-state index in [9.17, 15) is 22.0 Å². The van der Waals surface area contributed by atoms with Gasteiger partial charge in [-0.25, -0.2) is 0 Å². The summed E-state index contributed by atoms with van der Waals surface area (Å²) in [5.41, 5.74) is 0. The number of halogens is 5. The predicted octanol–water partition coefficient (Wildman–Crippen LogP) is 4.10. The van der Waals surface area contributed by atoms with Gasteiger partial charge in [-0.1, -0.05) is 0 Å². The highest BCUT2D eigenvalue weighted by molar-refractivity contribution is 7.08. The molecule has 0 amide bonds. The number of alkyl halides is 5. The quantitative estimate of drug-likeness (QED) is 0.572. The zero-order valence-electron chi connectivity index (χ0n) is 8.06. The first-order valence-electron chi connectivity index (χ1n) is 4.42. The molecule has 1 heterocycles. The molecule has 16 heavy (non-hydrogen) atoms. The summed E-state index contributed by atoms with van der Waals surface area (Å²) in [7, 11) is 0. The Labute approximate surface area is 92.8 Å². The van der Waals surface area contributed by atoms with Crippen molar-refractivity contribution in [1.82, 2.24) is 0 Å². The molecule has 0 saturated carbocycles. The second-order valence-electron chi connectivity index (χ2n) is 3.11. The second-order valence-corrected chi connectivity index (χ2v) is 3.89. The highest BCUT2D eigenvalue weighted by Gasteiger charge is 2.56. The summed E-state index contributed by atoms with van der Waals surface area (Å²) >= 11 is 1.35. The molecule has 1 aromatic rings. The Bertz CT molecular complexity index is 306. The monoisotopic (exact) mass is 260 g/mol. The van der Waals surface area contributed by atoms with Crippen molar-refractivity contribution in [2.24, 2.45) is 0 Å². The fraction of sp³-hybridized carbons (Fsp3) is 0.556. The number of rotatable bonds is 5. The van der Waals surface area contributed by atoms with Crippen molar-refractivity contribution in [2.75, 3.05) is 6.61 Å². The summed E-state index contributed by atoms with van der Waals surface area (Å²) < 4.78 is 65.0. The summed E-state index contributed by atoms with van der Waals surface area (Å²) in [4.78, 5) is 0. The maximum Gasteiger partial charge on any atom is 0.453 e. The fourth-order valence-electron chi connectivity index (χ4n) is 0.960. The van der Waals surface area contributed by atoms with Crippen molar-refractivity contribution < 1.29 is 26.7 Å². The summed E-state index contributed by atoms with van der Waals surface area (Å²) in [6, 6.07) is 1.62. The third kappa shape index (κ3) is 3.62. The van der Waals surface area contributed by atoms with Crippen molar-refractivity contribution in [3.05, 3.63) is 16.8 Å². The van der Waals surface area contributed by atoms with E-state index in [4.69, 9.17) is 4.74 Å². The molecule has 0 aliphatic heterocycles. The molecule has 1 nitrogen and oxygen atoms in total. The molecule has 0 aromatic carbocycles. The largest absolute Gasteiger partial charge is 0.493 e. The molecule has 1 rings (SSSR count). The molecule has 0 bridgehead atoms. The van der Waals surface area contributed by atoms with E-state index in [1.165, 1.54) is 11.3 Å². The lowest BCUT2D eigenvalue weighted by molar-refractivity contribution is -0.284. The average Bonchev–Trinajstić information content (AvgIpc) is 2.63. The van der Waals surface area contributed by atoms with Gasteiger partial charge in [0.05, 0.1) is 6.61 Å². The summed E-state index contributed by atoms with van der Waals surface area (Å²) in [5, 5.41) is 3.36. The highest BCUT2D eigenvalue weighted by atomic mass is 32.1. The van der Waals surface area contributed by atoms with Crippen LogP contribution in [0.15, 0.2) is 16.8 Å². The van der Waals surface area contributed by atoms with Gasteiger partial charge in [-0.3, -0.25) is 0 Å². The zero-order valence-corrected chi connectivity index (χ0v) is 8.88. The third-order valence-corrected chi connectivity index (χ3v) is 2.48. The summed E-state index contributed by atoms with van der Waals surface area (Å²) in [5.74, 6) is -4.15. The molecule has 0 aliphatic carbocycles. The van der Waals surface area contributed by atoms with Gasteiger partial charge in [0.15, 0.2) is 0 Å². The third-order valence-electron chi connectivity index (χ3n) is 1.81. The second kappa shape index (κ2) is 4.99. The molecule has 0 unspecified atom stereocenters. The SMILES string of the molecule is FC(F)(F)C(F)(F)CCCOc1ccsc1. The van der Waals surface area contributed by atoms with Gasteiger partial charge < -0.3 is 4.74 Å². The van der Waals surface area contributed by atoms with Crippen molar-refractivity contribution in [2.45, 2.75) is 24.9 Å². The van der Waals surface area contributed by atoms with E-state index in [-0.39, 0.29) is 13.0 Å². The predicted molar refractivity (Wildman–Crippen MR) is 50.1 cm³/mol. The van der Waals surface area contributed by atoms with E-state index < -0.39 is 18.5 Å². The zero-order chi connectivity index (χ0) is 12.2. The number of hydrogen-bond acceptors (Lipinski definition) is 2. The Morgan fingerprint density at radius 3 is 2.38 bits per heavy atom. The van der Waals surface area contributed by atoms with Crippen molar-refractivity contribution >= 4 is 11.3 Å². The number of ether oxygens (including phenoxy) is 1. The standard InChI is InChI=1S/C9H9F5OS/c10-8(11,9(12,13)14)3-1-4-15-7-2-5-16-6-7/h2,5-6H,1,3-4H2. The number of thiophene rings is 1. The van der Waals surface area contributed by atoms with Crippen LogP contribution >= 0.6 is 11.3 Å². The van der Waals surface area contributed by atoms with Gasteiger partial charge in [0.2, 0.25) is 0 Å². The van der Waals surface area contributed by atoms with Crippen LogP contribution in [0.25, 0.3) is 0 Å². The first-order valence-corrected chi connectivity index (χ1v) is 5.37. The van der Waals surface area contributed by atoms with Gasteiger partial charge in [0, 0.05) is 11.8 Å². The van der Waals surface area contributed by atoms with Crippen LogP contribution in [-0.2, 0) is 0 Å². The van der Waals surface area contributed by atoms with Gasteiger partial charge in [0.25, 0.3) is 0 Å². The highest BCUT2D eigenvalue weighted by Crippen LogP contribution is 2.38. The Balaban J connectivity index is 2.25. The lowest BCUT2D eigenvalue weighted by atomic mass is 10.2. The van der Waals surface area contributed by atoms with E-state index in [2.05, 4.69) is 0 Å². The number of hydrogen-bond donors (Lipinski definition) is 0. The maximum absolute atomic E-state index is 12.4. The summed E-state index contributed by atoms with van der Waals surface area (Å²) in [6.45, 7) is -0.150. The van der Waals surface area contributed by atoms with Crippen molar-refractivity contribution in [1.29, 1.82) is 0 Å². The molecule has 92 valence electrons. The van der Waals surface area contributed by atoms with Crippen LogP contribution in [0.1, 0.15) is 12.8 Å². The van der Waals surface area contributed by atoms with E-state index >= 15 is 0 Å². The Morgan fingerprint density at radius 2 is 1.88 bits per heavy atom. The summed E-state index contributed by atoms with van der Waals surface area (Å²) in [6.07, 6.45) is -7.07. The van der Waals surface area contributed by atoms with Crippen LogP contribution in [-0.4, -0.2) is 18.7 Å². The molecule has 0 radical (unpaired) electrons. The molecule has 0 N–H and O–H groups in total. The minimum Gasteiger partial charge on any atom is -0.493 e. The Morgan fingerprint density at radius 1 is 1.19 bits per heavy atom. The normalized spacial score (nSPS) is 12.8. The molecule has 0 spiro atoms. The molecule has 0 atom stereocenters. The van der Waals surface area contributed by atoms with E-state index in [0.29, 0.717) is 5.75 Å². The molecule has 7 heteroatoms. The molecular weight excluding hydrogens is 251 g/mol. The van der Waals surface area contributed by atoms with Crippen LogP contribution in [0, 0.1) is 0 Å². The van der Waals surface area contributed by atoms with Gasteiger partial charge in [0.1, 0.15) is 5.75 Å². The van der Waals surface area contributed by atoms with Crippen LogP contribution in [0.4, 0.5) is 22.0 Å². The van der Waals surface area contributed by atoms with Crippen LogP contribution in [0.3, 0.4) is 0 Å². The Hall–Kier alpha value is -0.850. The van der Waals surface area contributed by atoms with Gasteiger partial charge in [-0.2, -0.15) is 22.0 Å². The maximum atomic E-state index is 12.4. The minimum atomic E-state index is -5.48. The van der Waals surface area contributed by atoms with E-state index in [1.54, 1.807) is 16.8 Å². The minimum absolute atomic E-state index is 0.150. The van der Waals surface area contributed by atoms with Crippen LogP contribution < -0.4 is 4.74 Å². The fourth-order valence-corrected chi connectivity index (χ4v) is 1.53. The van der Waals surface area contributed by atoms with Crippen LogP contribution in [0.2, 0.25) is 0 Å². The van der Waals surface area contributed by atoms with Crippen molar-refractivity contribution in [3.8, 4) is 5.75 Å². The topological polar surface area (TPSA) is 9.23 Å². The molecule has 1 aromatic heterocycles. The molecule has 0 saturated heterocycles. The van der Waals surface area contributed by atoms with Gasteiger partial charge in [-0.15, -0.1) is 11.3 Å². The molecule has 0 aliphatic rings. The van der Waals surface area contributed by atoms with E-state index in [1.807, 2.05) is 0 Å². The van der Waals surface area contributed by atoms with E-state index in [0.717, 1.165) is 0 Å².